The lowest BCUT2D eigenvalue weighted by molar-refractivity contribution is 0.0698. The predicted octanol–water partition coefficient (Wildman–Crippen LogP) is 1.60. The van der Waals surface area contributed by atoms with Gasteiger partial charge in [-0.1, -0.05) is 12.1 Å². The lowest BCUT2D eigenvalue weighted by Gasteiger charge is -2.05. The fourth-order valence-corrected chi connectivity index (χ4v) is 2.00. The summed E-state index contributed by atoms with van der Waals surface area (Å²) in [5.74, 6) is -0.886. The minimum Gasteiger partial charge on any atom is -0.478 e. The van der Waals surface area contributed by atoms with E-state index < -0.39 is 5.97 Å². The highest BCUT2D eigenvalue weighted by atomic mass is 16.4. The molecule has 0 radical (unpaired) electrons. The summed E-state index contributed by atoms with van der Waals surface area (Å²) in [4.78, 5) is 11.1. The Hall–Kier alpha value is -1.81. The van der Waals surface area contributed by atoms with Crippen molar-refractivity contribution in [2.45, 2.75) is 6.54 Å². The molecule has 0 aliphatic heterocycles. The summed E-state index contributed by atoms with van der Waals surface area (Å²) in [6.07, 6.45) is 0. The fourth-order valence-electron chi connectivity index (χ4n) is 2.00. The Morgan fingerprint density at radius 2 is 2.25 bits per heavy atom. The van der Waals surface area contributed by atoms with Crippen LogP contribution in [0.1, 0.15) is 16.1 Å². The van der Waals surface area contributed by atoms with Crippen molar-refractivity contribution in [1.82, 2.24) is 9.88 Å². The Labute approximate surface area is 93.5 Å². The van der Waals surface area contributed by atoms with Crippen LogP contribution in [0, 0.1) is 0 Å². The minimum atomic E-state index is -0.886. The average molecular weight is 218 g/mol. The zero-order valence-corrected chi connectivity index (χ0v) is 9.32. The zero-order valence-electron chi connectivity index (χ0n) is 9.32. The number of aryl methyl sites for hydroxylation is 1. The molecule has 0 bridgehead atoms. The summed E-state index contributed by atoms with van der Waals surface area (Å²) >= 11 is 0. The molecule has 0 aliphatic carbocycles. The summed E-state index contributed by atoms with van der Waals surface area (Å²) in [6, 6.07) is 7.35. The van der Waals surface area contributed by atoms with Gasteiger partial charge in [0.05, 0.1) is 11.1 Å². The first kappa shape index (κ1) is 10.7. The maximum absolute atomic E-state index is 11.1. The van der Waals surface area contributed by atoms with Gasteiger partial charge in [0, 0.05) is 24.7 Å². The SMILES string of the molecule is CNCc1cc2cccc(C(=O)O)c2n1C. The average Bonchev–Trinajstić information content (AvgIpc) is 2.57. The molecular weight excluding hydrogens is 204 g/mol. The normalized spacial score (nSPS) is 10.9. The molecule has 2 N–H and O–H groups in total. The van der Waals surface area contributed by atoms with Crippen molar-refractivity contribution in [3.8, 4) is 0 Å². The Bertz CT molecular complexity index is 543. The minimum absolute atomic E-state index is 0.349. The highest BCUT2D eigenvalue weighted by molar-refractivity contribution is 6.02. The Morgan fingerprint density at radius 1 is 1.50 bits per heavy atom. The van der Waals surface area contributed by atoms with Gasteiger partial charge in [0.15, 0.2) is 0 Å². The van der Waals surface area contributed by atoms with Crippen molar-refractivity contribution in [2.75, 3.05) is 7.05 Å². The van der Waals surface area contributed by atoms with Gasteiger partial charge in [0.2, 0.25) is 0 Å². The highest BCUT2D eigenvalue weighted by Gasteiger charge is 2.13. The number of hydrogen-bond donors (Lipinski definition) is 2. The van der Waals surface area contributed by atoms with Gasteiger partial charge in [-0.15, -0.1) is 0 Å². The quantitative estimate of drug-likeness (QED) is 0.822. The lowest BCUT2D eigenvalue weighted by atomic mass is 10.1. The molecule has 0 saturated heterocycles. The summed E-state index contributed by atoms with van der Waals surface area (Å²) in [5, 5.41) is 13.1. The Morgan fingerprint density at radius 3 is 2.88 bits per heavy atom. The summed E-state index contributed by atoms with van der Waals surface area (Å²) in [6.45, 7) is 0.726. The Kier molecular flexibility index (Phi) is 2.66. The third-order valence-corrected chi connectivity index (χ3v) is 2.74. The van der Waals surface area contributed by atoms with Gasteiger partial charge < -0.3 is 15.0 Å². The van der Waals surface area contributed by atoms with Crippen LogP contribution in [0.15, 0.2) is 24.3 Å². The van der Waals surface area contributed by atoms with Gasteiger partial charge in [-0.05, 0) is 19.2 Å². The first-order chi connectivity index (χ1) is 7.65. The van der Waals surface area contributed by atoms with E-state index >= 15 is 0 Å². The summed E-state index contributed by atoms with van der Waals surface area (Å²) in [7, 11) is 3.76. The number of fused-ring (bicyclic) bond motifs is 1. The summed E-state index contributed by atoms with van der Waals surface area (Å²) < 4.78 is 1.93. The van der Waals surface area contributed by atoms with Crippen LogP contribution in [-0.4, -0.2) is 22.7 Å². The number of carboxylic acid groups (broad SMARTS) is 1. The summed E-state index contributed by atoms with van der Waals surface area (Å²) in [5.41, 5.74) is 2.20. The van der Waals surface area contributed by atoms with Gasteiger partial charge >= 0.3 is 5.97 Å². The maximum atomic E-state index is 11.1. The van der Waals surface area contributed by atoms with E-state index in [1.807, 2.05) is 30.8 Å². The van der Waals surface area contributed by atoms with Crippen LogP contribution < -0.4 is 5.32 Å². The second-order valence-corrected chi connectivity index (χ2v) is 3.77. The standard InChI is InChI=1S/C12H14N2O2/c1-13-7-9-6-8-4-3-5-10(12(15)16)11(8)14(9)2/h3-6,13H,7H2,1-2H3,(H,15,16). The fraction of sp³-hybridized carbons (Fsp3) is 0.250. The number of nitrogens with one attached hydrogen (secondary N) is 1. The second kappa shape index (κ2) is 3.98. The van der Waals surface area contributed by atoms with Gasteiger partial charge in [-0.2, -0.15) is 0 Å². The lowest BCUT2D eigenvalue weighted by Crippen LogP contribution is -2.09. The van der Waals surface area contributed by atoms with E-state index in [2.05, 4.69) is 5.32 Å². The van der Waals surface area contributed by atoms with Crippen LogP contribution in [-0.2, 0) is 13.6 Å². The molecule has 2 rings (SSSR count). The van der Waals surface area contributed by atoms with Crippen molar-refractivity contribution in [3.63, 3.8) is 0 Å². The number of aromatic carboxylic acids is 1. The molecule has 1 aromatic carbocycles. The monoisotopic (exact) mass is 218 g/mol. The molecule has 0 amide bonds. The van der Waals surface area contributed by atoms with E-state index in [1.54, 1.807) is 12.1 Å². The topological polar surface area (TPSA) is 54.3 Å². The number of aromatic nitrogens is 1. The molecular formula is C12H14N2O2. The van der Waals surface area contributed by atoms with Gasteiger partial charge in [0.1, 0.15) is 0 Å². The smallest absolute Gasteiger partial charge is 0.337 e. The predicted molar refractivity (Wildman–Crippen MR) is 62.6 cm³/mol. The molecule has 0 aliphatic rings. The van der Waals surface area contributed by atoms with Crippen molar-refractivity contribution in [1.29, 1.82) is 0 Å². The third kappa shape index (κ3) is 1.57. The van der Waals surface area contributed by atoms with Crippen molar-refractivity contribution < 1.29 is 9.90 Å². The zero-order chi connectivity index (χ0) is 11.7. The van der Waals surface area contributed by atoms with Crippen LogP contribution in [0.3, 0.4) is 0 Å². The van der Waals surface area contributed by atoms with E-state index in [0.29, 0.717) is 5.56 Å². The molecule has 4 nitrogen and oxygen atoms in total. The number of carboxylic acids is 1. The van der Waals surface area contributed by atoms with E-state index in [4.69, 9.17) is 5.11 Å². The van der Waals surface area contributed by atoms with Crippen molar-refractivity contribution >= 4 is 16.9 Å². The molecule has 2 aromatic rings. The maximum Gasteiger partial charge on any atom is 0.337 e. The number of benzene rings is 1. The molecule has 84 valence electrons. The molecule has 0 fully saturated rings. The number of carbonyl (C=O) groups is 1. The van der Waals surface area contributed by atoms with Crippen LogP contribution in [0.5, 0.6) is 0 Å². The molecule has 4 heteroatoms. The van der Waals surface area contributed by atoms with Gasteiger partial charge in [-0.3, -0.25) is 0 Å². The Balaban J connectivity index is 2.72. The van der Waals surface area contributed by atoms with Crippen molar-refractivity contribution in [3.05, 3.63) is 35.5 Å². The molecule has 16 heavy (non-hydrogen) atoms. The van der Waals surface area contributed by atoms with E-state index in [0.717, 1.165) is 23.1 Å². The molecule has 1 aromatic heterocycles. The largest absolute Gasteiger partial charge is 0.478 e. The van der Waals surface area contributed by atoms with E-state index in [9.17, 15) is 4.79 Å². The number of rotatable bonds is 3. The number of para-hydroxylation sites is 1. The van der Waals surface area contributed by atoms with E-state index in [1.165, 1.54) is 0 Å². The first-order valence-electron chi connectivity index (χ1n) is 5.10. The number of nitrogens with zero attached hydrogens (tertiary/aromatic N) is 1. The van der Waals surface area contributed by atoms with Gasteiger partial charge in [0.25, 0.3) is 0 Å². The molecule has 0 saturated carbocycles. The third-order valence-electron chi connectivity index (χ3n) is 2.74. The molecule has 1 heterocycles. The van der Waals surface area contributed by atoms with Crippen LogP contribution in [0.4, 0.5) is 0 Å². The van der Waals surface area contributed by atoms with Crippen LogP contribution in [0.25, 0.3) is 10.9 Å². The molecule has 0 atom stereocenters. The molecule has 0 spiro atoms. The van der Waals surface area contributed by atoms with Crippen LogP contribution >= 0.6 is 0 Å². The first-order valence-corrected chi connectivity index (χ1v) is 5.10. The van der Waals surface area contributed by atoms with Crippen molar-refractivity contribution in [2.24, 2.45) is 7.05 Å². The molecule has 0 unspecified atom stereocenters. The second-order valence-electron chi connectivity index (χ2n) is 3.77. The highest BCUT2D eigenvalue weighted by Crippen LogP contribution is 2.22. The van der Waals surface area contributed by atoms with E-state index in [-0.39, 0.29) is 0 Å². The van der Waals surface area contributed by atoms with Gasteiger partial charge in [-0.25, -0.2) is 4.79 Å². The number of hydrogen-bond acceptors (Lipinski definition) is 2. The van der Waals surface area contributed by atoms with Crippen LogP contribution in [0.2, 0.25) is 0 Å².